The second-order valence-corrected chi connectivity index (χ2v) is 13.4. The van der Waals surface area contributed by atoms with Crippen LogP contribution >= 0.6 is 0 Å². The lowest BCUT2D eigenvalue weighted by molar-refractivity contribution is 0.282. The molecule has 0 radical (unpaired) electrons. The van der Waals surface area contributed by atoms with E-state index in [4.69, 9.17) is 19.7 Å². The molecule has 0 saturated carbocycles. The number of hydrogen-bond donors (Lipinski definition) is 2. The van der Waals surface area contributed by atoms with Gasteiger partial charge in [0.1, 0.15) is 11.5 Å². The van der Waals surface area contributed by atoms with Gasteiger partial charge >= 0.3 is 0 Å². The molecule has 46 heavy (non-hydrogen) atoms. The highest BCUT2D eigenvalue weighted by atomic mass is 16.5. The van der Waals surface area contributed by atoms with Gasteiger partial charge in [-0.2, -0.15) is 0 Å². The molecule has 0 fully saturated rings. The summed E-state index contributed by atoms with van der Waals surface area (Å²) in [6.45, 7) is 2.20. The fourth-order valence-corrected chi connectivity index (χ4v) is 6.67. The standard InChI is InChI=1S/C42H66O4/c43-33-25-17-13-9-5-1-3-7-11-15-19-27-35-45-41-37-29-21-23-31-39(37)42(40-32-24-22-30-38(40)41)46-36-28-20-16-12-8-4-2-6-10-14-18-26-34-44/h21-24,29-32,43-44H,1-20,25-28,33-36H2. The van der Waals surface area contributed by atoms with Crippen molar-refractivity contribution in [1.29, 1.82) is 0 Å². The van der Waals surface area contributed by atoms with Crippen LogP contribution < -0.4 is 9.47 Å². The van der Waals surface area contributed by atoms with Gasteiger partial charge in [0, 0.05) is 34.8 Å². The Hall–Kier alpha value is -2.30. The first kappa shape index (κ1) is 38.2. The van der Waals surface area contributed by atoms with Gasteiger partial charge in [-0.05, 0) is 25.7 Å². The van der Waals surface area contributed by atoms with Crippen molar-refractivity contribution in [2.45, 2.75) is 154 Å². The van der Waals surface area contributed by atoms with Crippen molar-refractivity contribution in [2.24, 2.45) is 0 Å². The van der Waals surface area contributed by atoms with Crippen molar-refractivity contribution >= 4 is 21.5 Å². The lowest BCUT2D eigenvalue weighted by Crippen LogP contribution is -2.02. The summed E-state index contributed by atoms with van der Waals surface area (Å²) in [4.78, 5) is 0. The van der Waals surface area contributed by atoms with Crippen LogP contribution in [0, 0.1) is 0 Å². The van der Waals surface area contributed by atoms with Gasteiger partial charge in [-0.3, -0.25) is 0 Å². The van der Waals surface area contributed by atoms with Crippen LogP contribution in [0.25, 0.3) is 21.5 Å². The van der Waals surface area contributed by atoms with Gasteiger partial charge < -0.3 is 19.7 Å². The number of hydrogen-bond acceptors (Lipinski definition) is 4. The molecule has 0 heterocycles. The molecule has 0 atom stereocenters. The van der Waals surface area contributed by atoms with Crippen LogP contribution in [-0.2, 0) is 0 Å². The summed E-state index contributed by atoms with van der Waals surface area (Å²) in [6, 6.07) is 17.2. The summed E-state index contributed by atoms with van der Waals surface area (Å²) in [5.41, 5.74) is 0. The third-order valence-corrected chi connectivity index (χ3v) is 9.43. The van der Waals surface area contributed by atoms with Gasteiger partial charge in [0.05, 0.1) is 13.2 Å². The third kappa shape index (κ3) is 15.1. The summed E-state index contributed by atoms with van der Waals surface area (Å²) >= 11 is 0. The highest BCUT2D eigenvalue weighted by Gasteiger charge is 2.15. The molecule has 0 amide bonds. The van der Waals surface area contributed by atoms with Gasteiger partial charge in [-0.1, -0.05) is 177 Å². The molecule has 0 aliphatic rings. The Bertz CT molecular complexity index is 1010. The van der Waals surface area contributed by atoms with Gasteiger partial charge in [0.2, 0.25) is 0 Å². The summed E-state index contributed by atoms with van der Waals surface area (Å²) in [6.07, 6.45) is 30.2. The molecule has 3 rings (SSSR count). The highest BCUT2D eigenvalue weighted by molar-refractivity contribution is 6.11. The first-order chi connectivity index (χ1) is 22.9. The molecule has 3 aromatic carbocycles. The molecule has 258 valence electrons. The molecule has 3 aromatic rings. The first-order valence-electron chi connectivity index (χ1n) is 19.3. The second kappa shape index (κ2) is 25.7. The fourth-order valence-electron chi connectivity index (χ4n) is 6.67. The van der Waals surface area contributed by atoms with E-state index in [1.165, 1.54) is 128 Å². The molecular weight excluding hydrogens is 568 g/mol. The minimum absolute atomic E-state index is 0.343. The molecule has 0 saturated heterocycles. The fraction of sp³-hybridized carbons (Fsp3) is 0.667. The van der Waals surface area contributed by atoms with E-state index in [0.717, 1.165) is 71.9 Å². The van der Waals surface area contributed by atoms with E-state index in [1.807, 2.05) is 0 Å². The molecule has 2 N–H and O–H groups in total. The summed E-state index contributed by atoms with van der Waals surface area (Å²) < 4.78 is 13.1. The maximum absolute atomic E-state index is 8.87. The van der Waals surface area contributed by atoms with Gasteiger partial charge in [-0.15, -0.1) is 0 Å². The minimum Gasteiger partial charge on any atom is -0.492 e. The summed E-state index contributed by atoms with van der Waals surface area (Å²) in [5.74, 6) is 2.00. The van der Waals surface area contributed by atoms with E-state index < -0.39 is 0 Å². The van der Waals surface area contributed by atoms with Crippen LogP contribution in [0.5, 0.6) is 11.5 Å². The van der Waals surface area contributed by atoms with E-state index in [-0.39, 0.29) is 0 Å². The van der Waals surface area contributed by atoms with Crippen LogP contribution in [-0.4, -0.2) is 36.6 Å². The predicted octanol–water partition coefficient (Wildman–Crippen LogP) is 12.1. The average molecular weight is 635 g/mol. The van der Waals surface area contributed by atoms with Crippen molar-refractivity contribution in [2.75, 3.05) is 26.4 Å². The zero-order chi connectivity index (χ0) is 32.3. The smallest absolute Gasteiger partial charge is 0.135 e. The molecule has 0 spiro atoms. The number of fused-ring (bicyclic) bond motifs is 2. The topological polar surface area (TPSA) is 58.9 Å². The lowest BCUT2D eigenvalue weighted by Gasteiger charge is -2.18. The molecule has 0 bridgehead atoms. The number of benzene rings is 3. The number of unbranched alkanes of at least 4 members (excludes halogenated alkanes) is 22. The van der Waals surface area contributed by atoms with Crippen molar-refractivity contribution in [1.82, 2.24) is 0 Å². The van der Waals surface area contributed by atoms with Gasteiger partial charge in [0.15, 0.2) is 0 Å². The van der Waals surface area contributed by atoms with E-state index in [1.54, 1.807) is 0 Å². The van der Waals surface area contributed by atoms with Crippen molar-refractivity contribution in [3.8, 4) is 11.5 Å². The van der Waals surface area contributed by atoms with E-state index in [2.05, 4.69) is 48.5 Å². The molecule has 0 aliphatic carbocycles. The number of aliphatic hydroxyl groups excluding tert-OH is 2. The number of ether oxygens (including phenoxy) is 2. The van der Waals surface area contributed by atoms with Crippen molar-refractivity contribution in [3.05, 3.63) is 48.5 Å². The largest absolute Gasteiger partial charge is 0.492 e. The van der Waals surface area contributed by atoms with Gasteiger partial charge in [0.25, 0.3) is 0 Å². The highest BCUT2D eigenvalue weighted by Crippen LogP contribution is 2.42. The van der Waals surface area contributed by atoms with Crippen LogP contribution in [0.15, 0.2) is 48.5 Å². The molecule has 4 heteroatoms. The maximum atomic E-state index is 8.87. The normalized spacial score (nSPS) is 11.5. The molecule has 4 nitrogen and oxygen atoms in total. The molecular formula is C42H66O4. The van der Waals surface area contributed by atoms with Crippen LogP contribution in [0.1, 0.15) is 154 Å². The Morgan fingerprint density at radius 2 is 0.522 bits per heavy atom. The monoisotopic (exact) mass is 634 g/mol. The SMILES string of the molecule is OCCCCCCCCCCCCCCOc1c2ccccc2c(OCCCCCCCCCCCCCCO)c2ccccc12. The lowest BCUT2D eigenvalue weighted by atomic mass is 10.0. The number of rotatable bonds is 30. The van der Waals surface area contributed by atoms with Gasteiger partial charge in [-0.25, -0.2) is 0 Å². The number of aliphatic hydroxyl groups is 2. The third-order valence-electron chi connectivity index (χ3n) is 9.43. The zero-order valence-electron chi connectivity index (χ0n) is 29.1. The Balaban J connectivity index is 1.35. The van der Waals surface area contributed by atoms with Crippen molar-refractivity contribution < 1.29 is 19.7 Å². The van der Waals surface area contributed by atoms with E-state index >= 15 is 0 Å². The average Bonchev–Trinajstić information content (AvgIpc) is 3.09. The van der Waals surface area contributed by atoms with Crippen LogP contribution in [0.3, 0.4) is 0 Å². The quantitative estimate of drug-likeness (QED) is 0.0566. The Morgan fingerprint density at radius 1 is 0.304 bits per heavy atom. The molecule has 0 aromatic heterocycles. The molecule has 0 unspecified atom stereocenters. The van der Waals surface area contributed by atoms with Crippen molar-refractivity contribution in [3.63, 3.8) is 0 Å². The second-order valence-electron chi connectivity index (χ2n) is 13.4. The first-order valence-corrected chi connectivity index (χ1v) is 19.3. The summed E-state index contributed by atoms with van der Waals surface area (Å²) in [7, 11) is 0. The summed E-state index contributed by atoms with van der Waals surface area (Å²) in [5, 5.41) is 22.3. The van der Waals surface area contributed by atoms with Crippen LogP contribution in [0.4, 0.5) is 0 Å². The minimum atomic E-state index is 0.343. The Labute approximate surface area is 281 Å². The van der Waals surface area contributed by atoms with E-state index in [9.17, 15) is 0 Å². The molecule has 0 aliphatic heterocycles. The Kier molecular flexibility index (Phi) is 21.4. The van der Waals surface area contributed by atoms with Crippen LogP contribution in [0.2, 0.25) is 0 Å². The maximum Gasteiger partial charge on any atom is 0.135 e. The van der Waals surface area contributed by atoms with E-state index in [0.29, 0.717) is 13.2 Å². The Morgan fingerprint density at radius 3 is 0.761 bits per heavy atom. The zero-order valence-corrected chi connectivity index (χ0v) is 29.1. The predicted molar refractivity (Wildman–Crippen MR) is 197 cm³/mol.